The highest BCUT2D eigenvalue weighted by Gasteiger charge is 2.33. The molecule has 84 valence electrons. The first-order valence-electron chi connectivity index (χ1n) is 4.56. The molecule has 0 aliphatic carbocycles. The molecular weight excluding hydrogens is 234 g/mol. The summed E-state index contributed by atoms with van der Waals surface area (Å²) in [6.45, 7) is 3.42. The highest BCUT2D eigenvalue weighted by atomic mass is 31.2. The van der Waals surface area contributed by atoms with Crippen molar-refractivity contribution in [3.05, 3.63) is 35.9 Å². The van der Waals surface area contributed by atoms with Crippen LogP contribution >= 0.6 is 7.91 Å². The number of halogens is 1. The molecule has 0 saturated carbocycles. The lowest BCUT2D eigenvalue weighted by atomic mass is 10.2. The van der Waals surface area contributed by atoms with E-state index in [1.54, 1.807) is 13.1 Å². The quantitative estimate of drug-likeness (QED) is 0.658. The van der Waals surface area contributed by atoms with Gasteiger partial charge in [0.15, 0.2) is 0 Å². The fourth-order valence-electron chi connectivity index (χ4n) is 1.42. The minimum atomic E-state index is -4.86. The molecule has 0 aliphatic rings. The molecule has 1 N–H and O–H groups in total. The smallest absolute Gasteiger partial charge is 0.326 e. The van der Waals surface area contributed by atoms with Crippen molar-refractivity contribution in [1.29, 1.82) is 0 Å². The second-order valence-corrected chi connectivity index (χ2v) is 9.47. The summed E-state index contributed by atoms with van der Waals surface area (Å²) in [4.78, 5) is 8.53. The predicted octanol–water partition coefficient (Wildman–Crippen LogP) is 3.06. The van der Waals surface area contributed by atoms with Gasteiger partial charge in [-0.3, -0.25) is 4.89 Å². The lowest BCUT2D eigenvalue weighted by molar-refractivity contribution is 0.326. The average Bonchev–Trinajstić information content (AvgIpc) is 1.99. The highest BCUT2D eigenvalue weighted by Crippen LogP contribution is 2.46. The number of rotatable bonds is 4. The first-order valence-corrected chi connectivity index (χ1v) is 9.14. The largest absolute Gasteiger partial charge is 0.500 e. The molecule has 0 aromatic heterocycles. The minimum absolute atomic E-state index is 0.516. The van der Waals surface area contributed by atoms with Crippen LogP contribution in [-0.2, 0) is 14.8 Å². The van der Waals surface area contributed by atoms with E-state index < -0.39 is 16.2 Å². The van der Waals surface area contributed by atoms with Gasteiger partial charge in [0.1, 0.15) is 0 Å². The Morgan fingerprint density at radius 1 is 1.40 bits per heavy atom. The summed E-state index contributed by atoms with van der Waals surface area (Å²) in [5.41, 5.74) is 0.989. The van der Waals surface area contributed by atoms with E-state index in [1.807, 2.05) is 30.3 Å². The predicted molar refractivity (Wildman–Crippen MR) is 59.6 cm³/mol. The van der Waals surface area contributed by atoms with E-state index in [0.29, 0.717) is 6.04 Å². The summed E-state index contributed by atoms with van der Waals surface area (Å²) in [5.74, 6) is 0. The van der Waals surface area contributed by atoms with E-state index in [4.69, 9.17) is 4.89 Å². The minimum Gasteiger partial charge on any atom is -0.326 e. The van der Waals surface area contributed by atoms with Crippen molar-refractivity contribution in [2.24, 2.45) is 0 Å². The fourth-order valence-corrected chi connectivity index (χ4v) is 5.34. The van der Waals surface area contributed by atoms with E-state index >= 15 is 0 Å². The summed E-state index contributed by atoms with van der Waals surface area (Å²) < 4.78 is 27.6. The molecule has 6 heteroatoms. The maximum atomic E-state index is 12.5. The second kappa shape index (κ2) is 4.57. The first kappa shape index (κ1) is 12.6. The van der Waals surface area contributed by atoms with Crippen molar-refractivity contribution in [3.8, 4) is 0 Å². The van der Waals surface area contributed by atoms with Crippen LogP contribution in [0.1, 0.15) is 5.56 Å². The summed E-state index contributed by atoms with van der Waals surface area (Å²) in [7, 11) is -7.33. The van der Waals surface area contributed by atoms with Gasteiger partial charge in [0.2, 0.25) is 8.32 Å². The summed E-state index contributed by atoms with van der Waals surface area (Å²) in [6, 6.07) is 9.91. The Kier molecular flexibility index (Phi) is 3.84. The molecule has 0 spiro atoms. The van der Waals surface area contributed by atoms with Crippen molar-refractivity contribution in [3.63, 3.8) is 0 Å². The molecule has 0 saturated heterocycles. The van der Waals surface area contributed by atoms with Gasteiger partial charge in [0.25, 0.3) is 0 Å². The summed E-state index contributed by atoms with van der Waals surface area (Å²) >= 11 is 0. The standard InChI is InChI=1S/C9H14FO3PSi/c1-15(2,13-14(10,11)12)8-9-6-4-3-5-7-9/h3-7H,8H2,1-2H3,(H,11,12). The molecule has 1 unspecified atom stereocenters. The third-order valence-electron chi connectivity index (χ3n) is 1.83. The summed E-state index contributed by atoms with van der Waals surface area (Å²) in [6.07, 6.45) is 0. The molecule has 1 atom stereocenters. The fraction of sp³-hybridized carbons (Fsp3) is 0.333. The van der Waals surface area contributed by atoms with Crippen molar-refractivity contribution in [1.82, 2.24) is 0 Å². The van der Waals surface area contributed by atoms with Gasteiger partial charge in [-0.05, 0) is 24.7 Å². The highest BCUT2D eigenvalue weighted by molar-refractivity contribution is 7.48. The van der Waals surface area contributed by atoms with Gasteiger partial charge in [0, 0.05) is 0 Å². The lowest BCUT2D eigenvalue weighted by Gasteiger charge is -2.21. The molecule has 1 aromatic carbocycles. The van der Waals surface area contributed by atoms with Gasteiger partial charge < -0.3 is 4.21 Å². The van der Waals surface area contributed by atoms with Gasteiger partial charge in [-0.25, -0.2) is 4.57 Å². The third-order valence-corrected chi connectivity index (χ3v) is 5.97. The topological polar surface area (TPSA) is 46.5 Å². The molecule has 0 amide bonds. The Balaban J connectivity index is 2.69. The normalized spacial score (nSPS) is 16.0. The molecule has 0 radical (unpaired) electrons. The average molecular weight is 248 g/mol. The molecule has 0 heterocycles. The van der Waals surface area contributed by atoms with Crippen LogP contribution in [0.25, 0.3) is 0 Å². The molecule has 0 aliphatic heterocycles. The van der Waals surface area contributed by atoms with Crippen molar-refractivity contribution < 1.29 is 17.9 Å². The van der Waals surface area contributed by atoms with Gasteiger partial charge >= 0.3 is 7.91 Å². The van der Waals surface area contributed by atoms with Crippen molar-refractivity contribution >= 4 is 16.2 Å². The maximum absolute atomic E-state index is 12.5. The number of hydrogen-bond acceptors (Lipinski definition) is 2. The van der Waals surface area contributed by atoms with Crippen LogP contribution in [0.2, 0.25) is 13.1 Å². The molecular formula is C9H14FO3PSi. The molecule has 0 bridgehead atoms. The monoisotopic (exact) mass is 248 g/mol. The molecule has 3 nitrogen and oxygen atoms in total. The van der Waals surface area contributed by atoms with Gasteiger partial charge in [-0.15, -0.1) is 4.20 Å². The lowest BCUT2D eigenvalue weighted by Crippen LogP contribution is -2.32. The van der Waals surface area contributed by atoms with Crippen LogP contribution in [0, 0.1) is 0 Å². The van der Waals surface area contributed by atoms with E-state index in [0.717, 1.165) is 5.56 Å². The van der Waals surface area contributed by atoms with Crippen LogP contribution in [0.5, 0.6) is 0 Å². The Hall–Kier alpha value is -0.483. The van der Waals surface area contributed by atoms with Crippen LogP contribution in [-0.4, -0.2) is 13.2 Å². The Bertz CT molecular complexity index is 363. The van der Waals surface area contributed by atoms with E-state index in [-0.39, 0.29) is 0 Å². The third kappa shape index (κ3) is 5.23. The zero-order valence-electron chi connectivity index (χ0n) is 8.68. The van der Waals surface area contributed by atoms with Gasteiger partial charge in [0.05, 0.1) is 0 Å². The first-order chi connectivity index (χ1) is 6.79. The molecule has 1 rings (SSSR count). The van der Waals surface area contributed by atoms with E-state index in [9.17, 15) is 8.76 Å². The number of benzene rings is 1. The SMILES string of the molecule is C[Si](C)(Cc1ccccc1)OP(=O)(O)F. The molecule has 1 aromatic rings. The maximum Gasteiger partial charge on any atom is 0.500 e. The van der Waals surface area contributed by atoms with Crippen LogP contribution in [0.4, 0.5) is 4.20 Å². The number of hydrogen-bond donors (Lipinski definition) is 1. The van der Waals surface area contributed by atoms with E-state index in [2.05, 4.69) is 4.21 Å². The second-order valence-electron chi connectivity index (χ2n) is 3.96. The van der Waals surface area contributed by atoms with Crippen molar-refractivity contribution in [2.45, 2.75) is 19.1 Å². The summed E-state index contributed by atoms with van der Waals surface area (Å²) in [5, 5.41) is 0. The Morgan fingerprint density at radius 2 is 1.93 bits per heavy atom. The zero-order chi connectivity index (χ0) is 11.5. The Morgan fingerprint density at radius 3 is 2.40 bits per heavy atom. The van der Waals surface area contributed by atoms with Crippen LogP contribution < -0.4 is 0 Å². The van der Waals surface area contributed by atoms with Gasteiger partial charge in [-0.1, -0.05) is 30.3 Å². The van der Waals surface area contributed by atoms with Crippen LogP contribution in [0.15, 0.2) is 30.3 Å². The molecule has 15 heavy (non-hydrogen) atoms. The van der Waals surface area contributed by atoms with Crippen LogP contribution in [0.3, 0.4) is 0 Å². The molecule has 0 fully saturated rings. The Labute approximate surface area is 89.7 Å². The van der Waals surface area contributed by atoms with Gasteiger partial charge in [-0.2, -0.15) is 0 Å². The zero-order valence-corrected chi connectivity index (χ0v) is 10.6. The van der Waals surface area contributed by atoms with Crippen molar-refractivity contribution in [2.75, 3.05) is 0 Å². The van der Waals surface area contributed by atoms with E-state index in [1.165, 1.54) is 0 Å².